The number of pyridine rings is 1. The van der Waals surface area contributed by atoms with Crippen molar-refractivity contribution in [3.8, 4) is 28.1 Å². The van der Waals surface area contributed by atoms with E-state index in [1.54, 1.807) is 35.4 Å². The van der Waals surface area contributed by atoms with Crippen LogP contribution in [-0.4, -0.2) is 38.0 Å². The summed E-state index contributed by atoms with van der Waals surface area (Å²) in [5.41, 5.74) is 5.15. The SMILES string of the molecule is Cn1cc(-c2ccc3c(c2)ncn3-c2cc(NS(=O)(=O)C3CC3)cc(-c3ncccc3F)c2)cn1. The Morgan fingerprint density at radius 2 is 1.89 bits per heavy atom. The first-order valence-electron chi connectivity index (χ1n) is 11.1. The molecule has 0 atom stereocenters. The summed E-state index contributed by atoms with van der Waals surface area (Å²) in [6.45, 7) is 0. The largest absolute Gasteiger partial charge is 0.299 e. The van der Waals surface area contributed by atoms with Crippen LogP contribution >= 0.6 is 0 Å². The third kappa shape index (κ3) is 4.06. The second kappa shape index (κ2) is 8.02. The van der Waals surface area contributed by atoms with Gasteiger partial charge in [-0.1, -0.05) is 6.07 Å². The molecule has 176 valence electrons. The number of hydrogen-bond acceptors (Lipinski definition) is 5. The van der Waals surface area contributed by atoms with Crippen LogP contribution in [0.4, 0.5) is 10.1 Å². The highest BCUT2D eigenvalue weighted by Gasteiger charge is 2.35. The summed E-state index contributed by atoms with van der Waals surface area (Å²) >= 11 is 0. The van der Waals surface area contributed by atoms with Crippen molar-refractivity contribution in [3.05, 3.63) is 79.3 Å². The lowest BCUT2D eigenvalue weighted by Gasteiger charge is -2.13. The fraction of sp³-hybridized carbons (Fsp3) is 0.160. The van der Waals surface area contributed by atoms with Gasteiger partial charge in [0.25, 0.3) is 0 Å². The molecule has 0 radical (unpaired) electrons. The fourth-order valence-corrected chi connectivity index (χ4v) is 5.51. The number of fused-ring (bicyclic) bond motifs is 1. The van der Waals surface area contributed by atoms with Gasteiger partial charge in [-0.05, 0) is 60.9 Å². The Hall–Kier alpha value is -4.05. The normalized spacial score (nSPS) is 13.9. The minimum absolute atomic E-state index is 0.143. The molecule has 1 aliphatic carbocycles. The van der Waals surface area contributed by atoms with E-state index in [-0.39, 0.29) is 10.9 Å². The highest BCUT2D eigenvalue weighted by atomic mass is 32.2. The molecule has 0 saturated heterocycles. The van der Waals surface area contributed by atoms with Crippen LogP contribution in [0, 0.1) is 5.82 Å². The number of rotatable bonds is 6. The first-order chi connectivity index (χ1) is 16.9. The molecular formula is C25H21FN6O2S. The number of nitrogens with one attached hydrogen (secondary N) is 1. The van der Waals surface area contributed by atoms with Crippen molar-refractivity contribution >= 4 is 26.7 Å². The van der Waals surface area contributed by atoms with Crippen LogP contribution in [0.5, 0.6) is 0 Å². The smallest absolute Gasteiger partial charge is 0.235 e. The number of nitrogens with zero attached hydrogens (tertiary/aromatic N) is 5. The number of sulfonamides is 1. The molecule has 1 aliphatic rings. The zero-order chi connectivity index (χ0) is 24.2. The molecule has 0 unspecified atom stereocenters. The second-order valence-corrected chi connectivity index (χ2v) is 10.6. The summed E-state index contributed by atoms with van der Waals surface area (Å²) in [6, 6.07) is 13.9. The van der Waals surface area contributed by atoms with Gasteiger partial charge >= 0.3 is 0 Å². The van der Waals surface area contributed by atoms with E-state index in [9.17, 15) is 12.8 Å². The molecule has 2 aromatic carbocycles. The van der Waals surface area contributed by atoms with Crippen molar-refractivity contribution in [2.75, 3.05) is 4.72 Å². The van der Waals surface area contributed by atoms with Gasteiger partial charge in [-0.3, -0.25) is 19.0 Å². The molecule has 0 amide bonds. The standard InChI is InChI=1S/C25H21FN6O2S/c1-31-14-18(13-29-31)16-4-7-24-23(11-16)28-15-32(24)20-10-17(25-22(26)3-2-8-27-25)9-19(12-20)30-35(33,34)21-5-6-21/h2-4,7-15,21,30H,5-6H2,1H3. The van der Waals surface area contributed by atoms with Gasteiger partial charge in [0, 0.05) is 36.3 Å². The van der Waals surface area contributed by atoms with Crippen LogP contribution in [0.25, 0.3) is 39.1 Å². The van der Waals surface area contributed by atoms with Crippen molar-refractivity contribution in [2.24, 2.45) is 7.05 Å². The van der Waals surface area contributed by atoms with E-state index in [0.717, 1.165) is 22.2 Å². The van der Waals surface area contributed by atoms with Crippen molar-refractivity contribution in [1.82, 2.24) is 24.3 Å². The van der Waals surface area contributed by atoms with Crippen LogP contribution in [0.15, 0.2) is 73.4 Å². The van der Waals surface area contributed by atoms with Crippen LogP contribution in [-0.2, 0) is 17.1 Å². The average Bonchev–Trinajstić information content (AvgIpc) is 3.49. The molecule has 35 heavy (non-hydrogen) atoms. The van der Waals surface area contributed by atoms with E-state index in [2.05, 4.69) is 19.8 Å². The molecule has 0 spiro atoms. The average molecular weight is 489 g/mol. The molecule has 1 saturated carbocycles. The Bertz CT molecular complexity index is 1690. The summed E-state index contributed by atoms with van der Waals surface area (Å²) in [6.07, 6.45) is 8.18. The lowest BCUT2D eigenvalue weighted by molar-refractivity contribution is 0.600. The predicted octanol–water partition coefficient (Wildman–Crippen LogP) is 4.53. The summed E-state index contributed by atoms with van der Waals surface area (Å²) in [5.74, 6) is -0.489. The van der Waals surface area contributed by atoms with Crippen molar-refractivity contribution < 1.29 is 12.8 Å². The van der Waals surface area contributed by atoms with E-state index in [1.807, 2.05) is 36.0 Å². The Kier molecular flexibility index (Phi) is 4.92. The van der Waals surface area contributed by atoms with Crippen molar-refractivity contribution in [3.63, 3.8) is 0 Å². The second-order valence-electron chi connectivity index (χ2n) is 8.67. The van der Waals surface area contributed by atoms with E-state index in [4.69, 9.17) is 0 Å². The molecule has 1 N–H and O–H groups in total. The topological polar surface area (TPSA) is 94.7 Å². The predicted molar refractivity (Wildman–Crippen MR) is 132 cm³/mol. The van der Waals surface area contributed by atoms with Crippen LogP contribution in [0.1, 0.15) is 12.8 Å². The third-order valence-electron chi connectivity index (χ3n) is 6.04. The zero-order valence-electron chi connectivity index (χ0n) is 18.8. The number of benzene rings is 2. The molecule has 0 bridgehead atoms. The molecule has 0 aliphatic heterocycles. The minimum Gasteiger partial charge on any atom is -0.299 e. The Labute approximate surface area is 201 Å². The zero-order valence-corrected chi connectivity index (χ0v) is 19.6. The number of aromatic nitrogens is 5. The Morgan fingerprint density at radius 3 is 2.63 bits per heavy atom. The number of anilines is 1. The van der Waals surface area contributed by atoms with Gasteiger partial charge < -0.3 is 0 Å². The first-order valence-corrected chi connectivity index (χ1v) is 12.7. The van der Waals surface area contributed by atoms with Gasteiger partial charge in [-0.25, -0.2) is 17.8 Å². The molecule has 6 rings (SSSR count). The van der Waals surface area contributed by atoms with Crippen molar-refractivity contribution in [2.45, 2.75) is 18.1 Å². The molecule has 1 fully saturated rings. The van der Waals surface area contributed by atoms with Gasteiger partial charge in [0.2, 0.25) is 10.0 Å². The number of aryl methyl sites for hydroxylation is 1. The summed E-state index contributed by atoms with van der Waals surface area (Å²) in [5, 5.41) is 3.84. The number of imidazole rings is 1. The summed E-state index contributed by atoms with van der Waals surface area (Å²) < 4.78 is 46.1. The molecule has 5 aromatic rings. The maximum atomic E-state index is 14.6. The van der Waals surface area contributed by atoms with E-state index in [0.29, 0.717) is 29.8 Å². The lowest BCUT2D eigenvalue weighted by Crippen LogP contribution is -2.17. The van der Waals surface area contributed by atoms with Crippen LogP contribution < -0.4 is 4.72 Å². The minimum atomic E-state index is -3.51. The molecular weight excluding hydrogens is 467 g/mol. The van der Waals surface area contributed by atoms with Crippen LogP contribution in [0.3, 0.4) is 0 Å². The summed E-state index contributed by atoms with van der Waals surface area (Å²) in [7, 11) is -1.64. The number of halogens is 1. The maximum Gasteiger partial charge on any atom is 0.235 e. The Morgan fingerprint density at radius 1 is 1.03 bits per heavy atom. The Balaban J connectivity index is 1.47. The third-order valence-corrected chi connectivity index (χ3v) is 7.91. The van der Waals surface area contributed by atoms with Crippen molar-refractivity contribution in [1.29, 1.82) is 0 Å². The van der Waals surface area contributed by atoms with Gasteiger partial charge in [0.05, 0.1) is 28.2 Å². The molecule has 10 heteroatoms. The van der Waals surface area contributed by atoms with Gasteiger partial charge in [0.15, 0.2) is 0 Å². The first kappa shape index (κ1) is 21.5. The van der Waals surface area contributed by atoms with E-state index in [1.165, 1.54) is 18.3 Å². The highest BCUT2D eigenvalue weighted by Crippen LogP contribution is 2.33. The van der Waals surface area contributed by atoms with Crippen LogP contribution in [0.2, 0.25) is 0 Å². The fourth-order valence-electron chi connectivity index (χ4n) is 4.14. The molecule has 3 aromatic heterocycles. The quantitative estimate of drug-likeness (QED) is 0.379. The highest BCUT2D eigenvalue weighted by molar-refractivity contribution is 7.93. The molecule has 8 nitrogen and oxygen atoms in total. The number of hydrogen-bond donors (Lipinski definition) is 1. The van der Waals surface area contributed by atoms with Gasteiger partial charge in [-0.2, -0.15) is 5.10 Å². The van der Waals surface area contributed by atoms with Gasteiger partial charge in [-0.15, -0.1) is 0 Å². The monoisotopic (exact) mass is 488 g/mol. The van der Waals surface area contributed by atoms with Gasteiger partial charge in [0.1, 0.15) is 17.8 Å². The molecule has 3 heterocycles. The lowest BCUT2D eigenvalue weighted by atomic mass is 10.1. The summed E-state index contributed by atoms with van der Waals surface area (Å²) in [4.78, 5) is 8.74. The maximum absolute atomic E-state index is 14.6. The van der Waals surface area contributed by atoms with E-state index < -0.39 is 15.8 Å². The van der Waals surface area contributed by atoms with E-state index >= 15 is 0 Å².